The van der Waals surface area contributed by atoms with Gasteiger partial charge in [-0.3, -0.25) is 9.59 Å². The van der Waals surface area contributed by atoms with Crippen LogP contribution in [-0.4, -0.2) is 18.7 Å². The molecule has 0 bridgehead atoms. The normalized spacial score (nSPS) is 13.5. The average Bonchev–Trinajstić information content (AvgIpc) is 2.76. The Morgan fingerprint density at radius 3 is 2.57 bits per heavy atom. The molecule has 3 nitrogen and oxygen atoms in total. The first-order chi connectivity index (χ1) is 9.97. The van der Waals surface area contributed by atoms with Gasteiger partial charge in [-0.1, -0.05) is 0 Å². The van der Waals surface area contributed by atoms with Gasteiger partial charge in [0.25, 0.3) is 0 Å². The van der Waals surface area contributed by atoms with E-state index >= 15 is 0 Å². The molecule has 3 rings (SSSR count). The van der Waals surface area contributed by atoms with E-state index in [1.165, 1.54) is 18.2 Å². The van der Waals surface area contributed by atoms with Gasteiger partial charge in [0.05, 0.1) is 10.9 Å². The molecule has 1 aliphatic rings. The van der Waals surface area contributed by atoms with Crippen LogP contribution in [0, 0.1) is 5.82 Å². The topological polar surface area (TPSA) is 37.4 Å². The first-order valence-corrected chi connectivity index (χ1v) is 7.16. The van der Waals surface area contributed by atoms with Crippen LogP contribution in [0.25, 0.3) is 0 Å². The summed E-state index contributed by atoms with van der Waals surface area (Å²) in [5.74, 6) is -0.590. The fourth-order valence-corrected chi connectivity index (χ4v) is 2.79. The number of ketones is 1. The van der Waals surface area contributed by atoms with Crippen molar-refractivity contribution in [3.63, 3.8) is 0 Å². The van der Waals surface area contributed by atoms with Crippen molar-refractivity contribution in [3.8, 4) is 0 Å². The van der Waals surface area contributed by atoms with E-state index in [1.54, 1.807) is 30.1 Å². The quantitative estimate of drug-likeness (QED) is 0.781. The third-order valence-electron chi connectivity index (χ3n) is 3.60. The van der Waals surface area contributed by atoms with E-state index in [-0.39, 0.29) is 16.2 Å². The van der Waals surface area contributed by atoms with Crippen LogP contribution in [0.2, 0.25) is 0 Å². The zero-order valence-electron chi connectivity index (χ0n) is 11.2. The Morgan fingerprint density at radius 2 is 1.86 bits per heavy atom. The predicted octanol–water partition coefficient (Wildman–Crippen LogP) is 3.34. The molecule has 0 atom stereocenters. The molecule has 1 heterocycles. The molecule has 2 aromatic carbocycles. The standard InChI is InChI=1S/C16H11BrFNO2/c1-19-14-5-3-9(6-11(14)8-15(19)20)16(21)10-2-4-13(18)12(17)7-10/h2-7H,8H2,1H3. The molecule has 0 radical (unpaired) electrons. The monoisotopic (exact) mass is 347 g/mol. The first-order valence-electron chi connectivity index (χ1n) is 6.36. The number of anilines is 1. The van der Waals surface area contributed by atoms with Gasteiger partial charge in [-0.05, 0) is 57.9 Å². The Balaban J connectivity index is 1.98. The third kappa shape index (κ3) is 2.38. The van der Waals surface area contributed by atoms with Crippen molar-refractivity contribution in [2.45, 2.75) is 6.42 Å². The Morgan fingerprint density at radius 1 is 1.19 bits per heavy atom. The van der Waals surface area contributed by atoms with Crippen molar-refractivity contribution in [2.75, 3.05) is 11.9 Å². The highest BCUT2D eigenvalue weighted by Gasteiger charge is 2.25. The number of nitrogens with zero attached hydrogens (tertiary/aromatic N) is 1. The Kier molecular flexibility index (Phi) is 3.37. The van der Waals surface area contributed by atoms with E-state index < -0.39 is 5.82 Å². The number of likely N-dealkylation sites (N-methyl/N-ethyl adjacent to an activating group) is 1. The molecular weight excluding hydrogens is 337 g/mol. The fourth-order valence-electron chi connectivity index (χ4n) is 2.42. The average molecular weight is 348 g/mol. The highest BCUT2D eigenvalue weighted by molar-refractivity contribution is 9.10. The molecule has 5 heteroatoms. The lowest BCUT2D eigenvalue weighted by Crippen LogP contribution is -2.20. The summed E-state index contributed by atoms with van der Waals surface area (Å²) in [5, 5.41) is 0. The fraction of sp³-hybridized carbons (Fsp3) is 0.125. The van der Waals surface area contributed by atoms with E-state index in [2.05, 4.69) is 15.9 Å². The van der Waals surface area contributed by atoms with Gasteiger partial charge < -0.3 is 4.90 Å². The number of fused-ring (bicyclic) bond motifs is 1. The number of carbonyl (C=O) groups is 2. The maximum Gasteiger partial charge on any atom is 0.231 e. The minimum atomic E-state index is -0.410. The van der Waals surface area contributed by atoms with Crippen LogP contribution in [0.15, 0.2) is 40.9 Å². The van der Waals surface area contributed by atoms with E-state index in [4.69, 9.17) is 0 Å². The van der Waals surface area contributed by atoms with Gasteiger partial charge in [0.1, 0.15) is 5.82 Å². The van der Waals surface area contributed by atoms with Crippen molar-refractivity contribution in [1.82, 2.24) is 0 Å². The minimum absolute atomic E-state index is 0.0131. The van der Waals surface area contributed by atoms with Gasteiger partial charge >= 0.3 is 0 Å². The summed E-state index contributed by atoms with van der Waals surface area (Å²) in [6, 6.07) is 9.35. The smallest absolute Gasteiger partial charge is 0.231 e. The molecule has 0 fully saturated rings. The number of carbonyl (C=O) groups excluding carboxylic acids is 2. The number of hydrogen-bond acceptors (Lipinski definition) is 2. The number of amides is 1. The maximum atomic E-state index is 13.2. The van der Waals surface area contributed by atoms with Gasteiger partial charge in [0.15, 0.2) is 5.78 Å². The van der Waals surface area contributed by atoms with Gasteiger partial charge in [0.2, 0.25) is 5.91 Å². The zero-order valence-corrected chi connectivity index (χ0v) is 12.8. The number of halogens is 2. The van der Waals surface area contributed by atoms with Crippen LogP contribution in [0.5, 0.6) is 0 Å². The molecule has 0 aromatic heterocycles. The van der Waals surface area contributed by atoms with Crippen LogP contribution in [-0.2, 0) is 11.2 Å². The third-order valence-corrected chi connectivity index (χ3v) is 4.21. The van der Waals surface area contributed by atoms with Crippen LogP contribution >= 0.6 is 15.9 Å². The minimum Gasteiger partial charge on any atom is -0.315 e. The Labute approximate surface area is 129 Å². The van der Waals surface area contributed by atoms with E-state index in [9.17, 15) is 14.0 Å². The molecule has 1 aliphatic heterocycles. The van der Waals surface area contributed by atoms with Gasteiger partial charge in [-0.2, -0.15) is 0 Å². The molecule has 1 amide bonds. The molecule has 0 aliphatic carbocycles. The second-order valence-electron chi connectivity index (χ2n) is 4.93. The lowest BCUT2D eigenvalue weighted by Gasteiger charge is -2.10. The van der Waals surface area contributed by atoms with Crippen molar-refractivity contribution in [3.05, 3.63) is 63.4 Å². The molecule has 21 heavy (non-hydrogen) atoms. The summed E-state index contributed by atoms with van der Waals surface area (Å²) in [4.78, 5) is 25.7. The number of benzene rings is 2. The summed E-state index contributed by atoms with van der Waals surface area (Å²) < 4.78 is 13.5. The molecular formula is C16H11BrFNO2. The largest absolute Gasteiger partial charge is 0.315 e. The molecule has 106 valence electrons. The molecule has 0 saturated carbocycles. The number of rotatable bonds is 2. The molecule has 0 saturated heterocycles. The van der Waals surface area contributed by atoms with E-state index in [0.29, 0.717) is 17.5 Å². The van der Waals surface area contributed by atoms with Crippen LogP contribution in [0.4, 0.5) is 10.1 Å². The molecule has 0 N–H and O–H groups in total. The number of hydrogen-bond donors (Lipinski definition) is 0. The van der Waals surface area contributed by atoms with Gasteiger partial charge in [0, 0.05) is 23.9 Å². The molecule has 0 unspecified atom stereocenters. The second-order valence-corrected chi connectivity index (χ2v) is 5.79. The first kappa shape index (κ1) is 13.9. The van der Waals surface area contributed by atoms with Crippen LogP contribution in [0.3, 0.4) is 0 Å². The van der Waals surface area contributed by atoms with E-state index in [1.807, 2.05) is 0 Å². The summed E-state index contributed by atoms with van der Waals surface area (Å²) in [5.41, 5.74) is 2.57. The van der Waals surface area contributed by atoms with Crippen molar-refractivity contribution >= 4 is 33.3 Å². The summed E-state index contributed by atoms with van der Waals surface area (Å²) in [7, 11) is 1.72. The van der Waals surface area contributed by atoms with Gasteiger partial charge in [-0.25, -0.2) is 4.39 Å². The zero-order chi connectivity index (χ0) is 15.1. The molecule has 2 aromatic rings. The van der Waals surface area contributed by atoms with Crippen LogP contribution in [0.1, 0.15) is 21.5 Å². The van der Waals surface area contributed by atoms with Crippen LogP contribution < -0.4 is 4.90 Å². The highest BCUT2D eigenvalue weighted by Crippen LogP contribution is 2.29. The summed E-state index contributed by atoms with van der Waals surface area (Å²) in [6.45, 7) is 0. The Hall–Kier alpha value is -2.01. The van der Waals surface area contributed by atoms with Crippen molar-refractivity contribution in [1.29, 1.82) is 0 Å². The van der Waals surface area contributed by atoms with Gasteiger partial charge in [-0.15, -0.1) is 0 Å². The predicted molar refractivity (Wildman–Crippen MR) is 81.1 cm³/mol. The second kappa shape index (κ2) is 5.07. The summed E-state index contributed by atoms with van der Waals surface area (Å²) in [6.07, 6.45) is 0.306. The molecule has 0 spiro atoms. The Bertz CT molecular complexity index is 773. The summed E-state index contributed by atoms with van der Waals surface area (Å²) >= 11 is 3.07. The lowest BCUT2D eigenvalue weighted by molar-refractivity contribution is -0.117. The highest BCUT2D eigenvalue weighted by atomic mass is 79.9. The SMILES string of the molecule is CN1C(=O)Cc2cc(C(=O)c3ccc(F)c(Br)c3)ccc21. The lowest BCUT2D eigenvalue weighted by atomic mass is 10.0. The maximum absolute atomic E-state index is 13.2. The van der Waals surface area contributed by atoms with Crippen molar-refractivity contribution < 1.29 is 14.0 Å². The van der Waals surface area contributed by atoms with Crippen molar-refractivity contribution in [2.24, 2.45) is 0 Å². The van der Waals surface area contributed by atoms with E-state index in [0.717, 1.165) is 11.3 Å².